The van der Waals surface area contributed by atoms with Crippen molar-refractivity contribution in [3.05, 3.63) is 20.3 Å². The maximum Gasteiger partial charge on any atom is 0.0992 e. The number of halogens is 2. The molecule has 1 saturated carbocycles. The highest BCUT2D eigenvalue weighted by atomic mass is 35.5. The van der Waals surface area contributed by atoms with Crippen molar-refractivity contribution in [2.45, 2.75) is 45.1 Å². The average Bonchev–Trinajstić information content (AvgIpc) is 2.66. The first-order chi connectivity index (χ1) is 8.22. The van der Waals surface area contributed by atoms with Crippen LogP contribution in [-0.4, -0.2) is 6.54 Å². The zero-order chi connectivity index (χ0) is 12.3. The third kappa shape index (κ3) is 3.37. The Labute approximate surface area is 118 Å². The van der Waals surface area contributed by atoms with Gasteiger partial charge in [0.1, 0.15) is 0 Å². The van der Waals surface area contributed by atoms with Gasteiger partial charge in [0.05, 0.1) is 8.67 Å². The summed E-state index contributed by atoms with van der Waals surface area (Å²) < 4.78 is 1.65. The van der Waals surface area contributed by atoms with Crippen LogP contribution in [0.25, 0.3) is 0 Å². The van der Waals surface area contributed by atoms with Crippen molar-refractivity contribution in [2.24, 2.45) is 5.92 Å². The molecule has 1 unspecified atom stereocenters. The van der Waals surface area contributed by atoms with Crippen molar-refractivity contribution in [3.8, 4) is 0 Å². The van der Waals surface area contributed by atoms with E-state index in [2.05, 4.69) is 12.2 Å². The molecule has 1 atom stereocenters. The average molecular weight is 292 g/mol. The van der Waals surface area contributed by atoms with E-state index in [4.69, 9.17) is 23.2 Å². The first-order valence-corrected chi connectivity index (χ1v) is 7.97. The van der Waals surface area contributed by atoms with E-state index in [9.17, 15) is 0 Å². The van der Waals surface area contributed by atoms with Crippen molar-refractivity contribution in [1.82, 2.24) is 5.32 Å². The van der Waals surface area contributed by atoms with E-state index in [1.54, 1.807) is 0 Å². The fourth-order valence-corrected chi connectivity index (χ4v) is 4.33. The fourth-order valence-electron chi connectivity index (χ4n) is 2.78. The highest BCUT2D eigenvalue weighted by molar-refractivity contribution is 7.20. The molecule has 0 aliphatic heterocycles. The molecule has 0 bridgehead atoms. The van der Waals surface area contributed by atoms with Gasteiger partial charge in [-0.3, -0.25) is 0 Å². The molecule has 0 spiro atoms. The first-order valence-electron chi connectivity index (χ1n) is 6.40. The lowest BCUT2D eigenvalue weighted by Gasteiger charge is -2.30. The Morgan fingerprint density at radius 1 is 1.35 bits per heavy atom. The molecular formula is C13H19Cl2NS. The molecule has 1 aliphatic rings. The summed E-state index contributed by atoms with van der Waals surface area (Å²) in [5.74, 6) is 0.715. The van der Waals surface area contributed by atoms with E-state index in [-0.39, 0.29) is 0 Å². The standard InChI is InChI=1S/C13H19Cl2NS/c1-2-16-12(9-6-4-3-5-7-9)10-8-11(14)17-13(10)15/h8-9,12,16H,2-7H2,1H3. The van der Waals surface area contributed by atoms with Crippen molar-refractivity contribution < 1.29 is 0 Å². The van der Waals surface area contributed by atoms with E-state index in [1.807, 2.05) is 6.07 Å². The van der Waals surface area contributed by atoms with Gasteiger partial charge in [0.15, 0.2) is 0 Å². The predicted octanol–water partition coefficient (Wildman–Crippen LogP) is 5.29. The number of hydrogen-bond donors (Lipinski definition) is 1. The van der Waals surface area contributed by atoms with E-state index < -0.39 is 0 Å². The van der Waals surface area contributed by atoms with E-state index in [1.165, 1.54) is 49.0 Å². The van der Waals surface area contributed by atoms with Crippen LogP contribution in [0.2, 0.25) is 8.67 Å². The molecule has 0 saturated heterocycles. The van der Waals surface area contributed by atoms with Crippen LogP contribution < -0.4 is 5.32 Å². The fraction of sp³-hybridized carbons (Fsp3) is 0.692. The van der Waals surface area contributed by atoms with Crippen LogP contribution in [0.5, 0.6) is 0 Å². The molecule has 1 N–H and O–H groups in total. The lowest BCUT2D eigenvalue weighted by atomic mass is 9.82. The van der Waals surface area contributed by atoms with Gasteiger partial charge in [-0.15, -0.1) is 11.3 Å². The molecule has 0 aromatic carbocycles. The first kappa shape index (κ1) is 13.7. The third-order valence-electron chi connectivity index (χ3n) is 3.56. The summed E-state index contributed by atoms with van der Waals surface area (Å²) in [6, 6.07) is 2.42. The lowest BCUT2D eigenvalue weighted by molar-refractivity contribution is 0.275. The van der Waals surface area contributed by atoms with Crippen molar-refractivity contribution in [2.75, 3.05) is 6.54 Å². The minimum absolute atomic E-state index is 0.386. The molecule has 1 aromatic heterocycles. The molecule has 96 valence electrons. The predicted molar refractivity (Wildman–Crippen MR) is 77.3 cm³/mol. The number of hydrogen-bond acceptors (Lipinski definition) is 2. The smallest absolute Gasteiger partial charge is 0.0992 e. The van der Waals surface area contributed by atoms with Gasteiger partial charge in [-0.2, -0.15) is 0 Å². The number of thiophene rings is 1. The van der Waals surface area contributed by atoms with E-state index in [0.29, 0.717) is 12.0 Å². The van der Waals surface area contributed by atoms with Gasteiger partial charge >= 0.3 is 0 Å². The summed E-state index contributed by atoms with van der Waals surface area (Å²) in [4.78, 5) is 0. The second-order valence-electron chi connectivity index (χ2n) is 4.71. The normalized spacial score (nSPS) is 19.5. The van der Waals surface area contributed by atoms with Gasteiger partial charge in [-0.25, -0.2) is 0 Å². The molecule has 2 rings (SSSR count). The van der Waals surface area contributed by atoms with Crippen LogP contribution in [0.1, 0.15) is 50.6 Å². The van der Waals surface area contributed by atoms with Crippen molar-refractivity contribution in [1.29, 1.82) is 0 Å². The molecule has 1 nitrogen and oxygen atoms in total. The number of nitrogens with one attached hydrogen (secondary N) is 1. The summed E-state index contributed by atoms with van der Waals surface area (Å²) in [6.07, 6.45) is 6.69. The maximum atomic E-state index is 6.29. The molecule has 1 heterocycles. The van der Waals surface area contributed by atoms with E-state index >= 15 is 0 Å². The summed E-state index contributed by atoms with van der Waals surface area (Å²) in [7, 11) is 0. The Bertz CT molecular complexity index is 358. The van der Waals surface area contributed by atoms with Crippen molar-refractivity contribution in [3.63, 3.8) is 0 Å². The minimum atomic E-state index is 0.386. The minimum Gasteiger partial charge on any atom is -0.310 e. The van der Waals surface area contributed by atoms with Crippen LogP contribution in [-0.2, 0) is 0 Å². The molecule has 0 amide bonds. The third-order valence-corrected chi connectivity index (χ3v) is 5.08. The topological polar surface area (TPSA) is 12.0 Å². The quantitative estimate of drug-likeness (QED) is 0.795. The van der Waals surface area contributed by atoms with Gasteiger partial charge < -0.3 is 5.32 Å². The molecule has 1 fully saturated rings. The Morgan fingerprint density at radius 2 is 2.06 bits per heavy atom. The van der Waals surface area contributed by atoms with Gasteiger partial charge in [0.2, 0.25) is 0 Å². The van der Waals surface area contributed by atoms with Gasteiger partial charge in [0, 0.05) is 11.6 Å². The summed E-state index contributed by atoms with van der Waals surface area (Å²) in [6.45, 7) is 3.13. The van der Waals surface area contributed by atoms with Gasteiger partial charge in [-0.05, 0) is 31.4 Å². The van der Waals surface area contributed by atoms with Crippen LogP contribution in [0.4, 0.5) is 0 Å². The zero-order valence-corrected chi connectivity index (χ0v) is 12.5. The Morgan fingerprint density at radius 3 is 2.59 bits per heavy atom. The molecular weight excluding hydrogens is 273 g/mol. The molecule has 1 aromatic rings. The van der Waals surface area contributed by atoms with Crippen LogP contribution >= 0.6 is 34.5 Å². The molecule has 17 heavy (non-hydrogen) atoms. The Kier molecular flexibility index (Phi) is 5.16. The highest BCUT2D eigenvalue weighted by Crippen LogP contribution is 2.41. The van der Waals surface area contributed by atoms with Crippen LogP contribution in [0.15, 0.2) is 6.07 Å². The highest BCUT2D eigenvalue weighted by Gasteiger charge is 2.27. The lowest BCUT2D eigenvalue weighted by Crippen LogP contribution is -2.29. The monoisotopic (exact) mass is 291 g/mol. The van der Waals surface area contributed by atoms with Crippen LogP contribution in [0.3, 0.4) is 0 Å². The molecule has 1 aliphatic carbocycles. The summed E-state index contributed by atoms with van der Waals surface area (Å²) in [5, 5.41) is 3.59. The second-order valence-corrected chi connectivity index (χ2v) is 7.00. The Balaban J connectivity index is 2.18. The van der Waals surface area contributed by atoms with Gasteiger partial charge in [0.25, 0.3) is 0 Å². The maximum absolute atomic E-state index is 6.29. The van der Waals surface area contributed by atoms with Gasteiger partial charge in [-0.1, -0.05) is 49.4 Å². The zero-order valence-electron chi connectivity index (χ0n) is 10.1. The number of rotatable bonds is 4. The largest absolute Gasteiger partial charge is 0.310 e. The van der Waals surface area contributed by atoms with E-state index in [0.717, 1.165) is 15.2 Å². The molecule has 0 radical (unpaired) electrons. The van der Waals surface area contributed by atoms with Crippen molar-refractivity contribution >= 4 is 34.5 Å². The second kappa shape index (κ2) is 6.42. The molecule has 4 heteroatoms. The SMILES string of the molecule is CCNC(c1cc(Cl)sc1Cl)C1CCCCC1. The van der Waals surface area contributed by atoms with Crippen LogP contribution in [0, 0.1) is 5.92 Å². The summed E-state index contributed by atoms with van der Waals surface area (Å²) in [5.41, 5.74) is 1.20. The Hall–Kier alpha value is 0.240. The summed E-state index contributed by atoms with van der Waals surface area (Å²) >= 11 is 13.8.